The number of nitrogens with one attached hydrogen (secondary N) is 2. The second-order valence-electron chi connectivity index (χ2n) is 8.85. The maximum absolute atomic E-state index is 12.2. The topological polar surface area (TPSA) is 87.2 Å². The highest BCUT2D eigenvalue weighted by Crippen LogP contribution is 2.30. The first-order valence-electron chi connectivity index (χ1n) is 11.8. The van der Waals surface area contributed by atoms with Crippen LogP contribution in [0, 0.1) is 0 Å². The van der Waals surface area contributed by atoms with Gasteiger partial charge in [-0.15, -0.1) is 12.4 Å². The molecule has 5 aromatic rings. The highest BCUT2D eigenvalue weighted by Gasteiger charge is 2.15. The van der Waals surface area contributed by atoms with Gasteiger partial charge in [0.2, 0.25) is 16.0 Å². The van der Waals surface area contributed by atoms with E-state index in [1.165, 1.54) is 18.4 Å². The first-order valence-corrected chi connectivity index (χ1v) is 13.4. The minimum absolute atomic E-state index is 0. The van der Waals surface area contributed by atoms with Crippen molar-refractivity contribution in [2.45, 2.75) is 5.75 Å². The zero-order valence-corrected chi connectivity index (χ0v) is 22.6. The lowest BCUT2D eigenvalue weighted by molar-refractivity contribution is 0.520. The maximum Gasteiger partial charge on any atom is 0.229 e. The fourth-order valence-electron chi connectivity index (χ4n) is 3.90. The van der Waals surface area contributed by atoms with Gasteiger partial charge in [0.05, 0.1) is 11.3 Å². The molecule has 0 fully saturated rings. The van der Waals surface area contributed by atoms with E-state index >= 15 is 0 Å². The van der Waals surface area contributed by atoms with E-state index < -0.39 is 10.0 Å². The number of anilines is 4. The van der Waals surface area contributed by atoms with Crippen LogP contribution >= 0.6 is 12.4 Å². The Morgan fingerprint density at radius 1 is 0.711 bits per heavy atom. The number of fused-ring (bicyclic) bond motifs is 1. The number of nitrogens with zero attached hydrogens (tertiary/aromatic N) is 3. The maximum atomic E-state index is 12.2. The SMILES string of the molecule is CN(C)S(=O)(=O)Cc1ccc(Nc2nc(Nc3ccccc3)c3cc(-c4ccccc4)ccc3n2)cc1.Cl. The van der Waals surface area contributed by atoms with Gasteiger partial charge in [-0.1, -0.05) is 66.7 Å². The number of aromatic nitrogens is 2. The van der Waals surface area contributed by atoms with Crippen LogP contribution in [0.25, 0.3) is 22.0 Å². The predicted molar refractivity (Wildman–Crippen MR) is 158 cm³/mol. The van der Waals surface area contributed by atoms with E-state index in [1.54, 1.807) is 12.1 Å². The first-order chi connectivity index (χ1) is 17.9. The molecule has 2 N–H and O–H groups in total. The fraction of sp³-hybridized carbons (Fsp3) is 0.103. The second kappa shape index (κ2) is 11.6. The molecule has 0 aliphatic rings. The van der Waals surface area contributed by atoms with Crippen molar-refractivity contribution in [2.75, 3.05) is 24.7 Å². The number of hydrogen-bond donors (Lipinski definition) is 2. The van der Waals surface area contributed by atoms with Gasteiger partial charge in [-0.25, -0.2) is 17.7 Å². The molecule has 0 saturated heterocycles. The van der Waals surface area contributed by atoms with E-state index in [0.717, 1.165) is 33.4 Å². The molecule has 0 amide bonds. The van der Waals surface area contributed by atoms with Gasteiger partial charge < -0.3 is 10.6 Å². The predicted octanol–water partition coefficient (Wildman–Crippen LogP) is 6.60. The van der Waals surface area contributed by atoms with Gasteiger partial charge in [-0.05, 0) is 53.1 Å². The van der Waals surface area contributed by atoms with E-state index in [1.807, 2.05) is 66.7 Å². The van der Waals surface area contributed by atoms with Gasteiger partial charge in [0, 0.05) is 30.9 Å². The molecule has 0 bridgehead atoms. The molecule has 0 saturated carbocycles. The molecule has 7 nitrogen and oxygen atoms in total. The second-order valence-corrected chi connectivity index (χ2v) is 11.0. The van der Waals surface area contributed by atoms with Gasteiger partial charge in [-0.3, -0.25) is 0 Å². The zero-order valence-electron chi connectivity index (χ0n) is 21.0. The minimum Gasteiger partial charge on any atom is -0.340 e. The number of sulfonamides is 1. The molecule has 9 heteroatoms. The molecule has 38 heavy (non-hydrogen) atoms. The van der Waals surface area contributed by atoms with E-state index in [9.17, 15) is 8.42 Å². The number of para-hydroxylation sites is 1. The van der Waals surface area contributed by atoms with Crippen LogP contribution in [0.15, 0.2) is 103 Å². The van der Waals surface area contributed by atoms with Crippen LogP contribution in [0.2, 0.25) is 0 Å². The van der Waals surface area contributed by atoms with Gasteiger partial charge in [-0.2, -0.15) is 4.98 Å². The first kappa shape index (κ1) is 27.1. The molecular formula is C29H28ClN5O2S. The molecule has 0 aliphatic carbocycles. The largest absolute Gasteiger partial charge is 0.340 e. The van der Waals surface area contributed by atoms with Crippen molar-refractivity contribution >= 4 is 56.5 Å². The summed E-state index contributed by atoms with van der Waals surface area (Å²) in [6.07, 6.45) is 0. The lowest BCUT2D eigenvalue weighted by atomic mass is 10.0. The van der Waals surface area contributed by atoms with Crippen molar-refractivity contribution in [3.63, 3.8) is 0 Å². The Kier molecular flexibility index (Phi) is 8.26. The monoisotopic (exact) mass is 545 g/mol. The van der Waals surface area contributed by atoms with Crippen molar-refractivity contribution in [1.82, 2.24) is 14.3 Å². The van der Waals surface area contributed by atoms with E-state index in [4.69, 9.17) is 9.97 Å². The van der Waals surface area contributed by atoms with Crippen LogP contribution in [0.1, 0.15) is 5.56 Å². The standard InChI is InChI=1S/C29H27N5O2S.ClH/c1-34(2)37(35,36)20-21-13-16-25(17-14-21)31-29-32-27-18-15-23(22-9-5-3-6-10-22)19-26(27)28(33-29)30-24-11-7-4-8-12-24;/h3-19H,20H2,1-2H3,(H2,30,31,32,33);1H. The van der Waals surface area contributed by atoms with E-state index in [0.29, 0.717) is 17.3 Å². The number of halogens is 1. The summed E-state index contributed by atoms with van der Waals surface area (Å²) in [6, 6.07) is 33.5. The average Bonchev–Trinajstić information content (AvgIpc) is 2.90. The number of rotatable bonds is 8. The Morgan fingerprint density at radius 3 is 2.00 bits per heavy atom. The summed E-state index contributed by atoms with van der Waals surface area (Å²) in [7, 11) is -0.259. The van der Waals surface area contributed by atoms with Crippen molar-refractivity contribution in [2.24, 2.45) is 0 Å². The average molecular weight is 546 g/mol. The summed E-state index contributed by atoms with van der Waals surface area (Å²) < 4.78 is 25.6. The molecule has 0 unspecified atom stereocenters. The Morgan fingerprint density at radius 2 is 1.34 bits per heavy atom. The van der Waals surface area contributed by atoms with Gasteiger partial charge in [0.1, 0.15) is 5.82 Å². The van der Waals surface area contributed by atoms with Gasteiger partial charge in [0.25, 0.3) is 0 Å². The third kappa shape index (κ3) is 6.28. The molecule has 0 spiro atoms. The number of hydrogen-bond acceptors (Lipinski definition) is 6. The molecular weight excluding hydrogens is 518 g/mol. The van der Waals surface area contributed by atoms with Crippen LogP contribution in [0.3, 0.4) is 0 Å². The Hall–Kier alpha value is -3.98. The molecule has 4 aromatic carbocycles. The third-order valence-corrected chi connectivity index (χ3v) is 7.77. The van der Waals surface area contributed by atoms with Gasteiger partial charge in [0.15, 0.2) is 0 Å². The Balaban J connectivity index is 0.00000336. The summed E-state index contributed by atoms with van der Waals surface area (Å²) in [5.74, 6) is 1.07. The third-order valence-electron chi connectivity index (χ3n) is 5.95. The summed E-state index contributed by atoms with van der Waals surface area (Å²) >= 11 is 0. The van der Waals surface area contributed by atoms with Crippen molar-refractivity contribution in [3.8, 4) is 11.1 Å². The molecule has 0 atom stereocenters. The Bertz CT molecular complexity index is 1630. The van der Waals surface area contributed by atoms with Gasteiger partial charge >= 0.3 is 0 Å². The summed E-state index contributed by atoms with van der Waals surface area (Å²) in [6.45, 7) is 0. The highest BCUT2D eigenvalue weighted by atomic mass is 35.5. The molecule has 194 valence electrons. The molecule has 0 aliphatic heterocycles. The molecule has 1 aromatic heterocycles. The quantitative estimate of drug-likeness (QED) is 0.228. The van der Waals surface area contributed by atoms with Crippen LogP contribution in [0.5, 0.6) is 0 Å². The van der Waals surface area contributed by atoms with Crippen LogP contribution < -0.4 is 10.6 Å². The normalized spacial score (nSPS) is 11.2. The van der Waals surface area contributed by atoms with Crippen LogP contribution in [0.4, 0.5) is 23.1 Å². The lowest BCUT2D eigenvalue weighted by Gasteiger charge is -2.14. The van der Waals surface area contributed by atoms with Crippen molar-refractivity contribution in [3.05, 3.63) is 109 Å². The van der Waals surface area contributed by atoms with E-state index in [-0.39, 0.29) is 18.2 Å². The van der Waals surface area contributed by atoms with Crippen molar-refractivity contribution in [1.29, 1.82) is 0 Å². The van der Waals surface area contributed by atoms with Crippen LogP contribution in [-0.4, -0.2) is 36.8 Å². The summed E-state index contributed by atoms with van der Waals surface area (Å²) in [5, 5.41) is 7.60. The smallest absolute Gasteiger partial charge is 0.229 e. The molecule has 1 heterocycles. The molecule has 5 rings (SSSR count). The lowest BCUT2D eigenvalue weighted by Crippen LogP contribution is -2.23. The number of benzene rings is 4. The zero-order chi connectivity index (χ0) is 25.8. The fourth-order valence-corrected chi connectivity index (χ4v) is 4.77. The summed E-state index contributed by atoms with van der Waals surface area (Å²) in [5.41, 5.74) is 5.38. The highest BCUT2D eigenvalue weighted by molar-refractivity contribution is 7.88. The van der Waals surface area contributed by atoms with Crippen LogP contribution in [-0.2, 0) is 15.8 Å². The minimum atomic E-state index is -3.33. The van der Waals surface area contributed by atoms with E-state index in [2.05, 4.69) is 34.9 Å². The Labute approximate surface area is 229 Å². The van der Waals surface area contributed by atoms with Crippen molar-refractivity contribution < 1.29 is 8.42 Å². The molecule has 0 radical (unpaired) electrons. The summed E-state index contributed by atoms with van der Waals surface area (Å²) in [4.78, 5) is 9.54.